The Morgan fingerprint density at radius 2 is 2.06 bits per heavy atom. The first-order valence-electron chi connectivity index (χ1n) is 5.28. The van der Waals surface area contributed by atoms with Gasteiger partial charge in [-0.2, -0.15) is 0 Å². The molecule has 0 aromatic heterocycles. The van der Waals surface area contributed by atoms with E-state index >= 15 is 0 Å². The van der Waals surface area contributed by atoms with Gasteiger partial charge in [-0.1, -0.05) is 23.4 Å². The first-order valence-corrected chi connectivity index (χ1v) is 6.16. The maximum atomic E-state index is 11.5. The molecule has 1 unspecified atom stereocenters. The van der Waals surface area contributed by atoms with E-state index in [1.54, 1.807) is 11.8 Å². The van der Waals surface area contributed by atoms with E-state index < -0.39 is 0 Å². The molecule has 0 spiro atoms. The van der Waals surface area contributed by atoms with Crippen molar-refractivity contribution in [3.05, 3.63) is 30.3 Å². The molecule has 2 rings (SSSR count). The van der Waals surface area contributed by atoms with Crippen molar-refractivity contribution < 1.29 is 10.0 Å². The fourth-order valence-electron chi connectivity index (χ4n) is 1.79. The average Bonchev–Trinajstić information content (AvgIpc) is 2.31. The fraction of sp³-hybridized carbons (Fsp3) is 0.333. The Bertz CT molecular complexity index is 403. The highest BCUT2D eigenvalue weighted by Crippen LogP contribution is 2.30. The number of ketones is 1. The number of carbonyl (C=O) groups is 1. The molecule has 1 saturated carbocycles. The summed E-state index contributed by atoms with van der Waals surface area (Å²) in [6.07, 6.45) is 2.28. The number of oxime groups is 1. The quantitative estimate of drug-likeness (QED) is 0.633. The number of benzene rings is 1. The van der Waals surface area contributed by atoms with Crippen LogP contribution in [0.15, 0.2) is 40.4 Å². The van der Waals surface area contributed by atoms with Gasteiger partial charge in [0.05, 0.1) is 5.25 Å². The second kappa shape index (κ2) is 5.16. The molecule has 0 saturated heterocycles. The summed E-state index contributed by atoms with van der Waals surface area (Å²) in [5.74, 6) is -0.0258. The van der Waals surface area contributed by atoms with Crippen molar-refractivity contribution >= 4 is 23.3 Å². The molecule has 1 aliphatic rings. The second-order valence-electron chi connectivity index (χ2n) is 3.72. The van der Waals surface area contributed by atoms with E-state index in [0.717, 1.165) is 17.7 Å². The Labute approximate surface area is 98.5 Å². The van der Waals surface area contributed by atoms with E-state index in [0.29, 0.717) is 12.1 Å². The lowest BCUT2D eigenvalue weighted by molar-refractivity contribution is -0.113. The Hall–Kier alpha value is -1.29. The van der Waals surface area contributed by atoms with E-state index in [2.05, 4.69) is 5.16 Å². The van der Waals surface area contributed by atoms with Crippen molar-refractivity contribution in [2.75, 3.05) is 0 Å². The van der Waals surface area contributed by atoms with Gasteiger partial charge in [-0.25, -0.2) is 0 Å². The number of rotatable bonds is 2. The van der Waals surface area contributed by atoms with Crippen LogP contribution in [0.3, 0.4) is 0 Å². The largest absolute Gasteiger partial charge is 0.411 e. The number of hydrogen-bond acceptors (Lipinski definition) is 4. The molecule has 16 heavy (non-hydrogen) atoms. The zero-order valence-electron chi connectivity index (χ0n) is 8.80. The molecule has 3 nitrogen and oxygen atoms in total. The lowest BCUT2D eigenvalue weighted by Gasteiger charge is -2.21. The van der Waals surface area contributed by atoms with Gasteiger partial charge in [-0.05, 0) is 25.0 Å². The van der Waals surface area contributed by atoms with Gasteiger partial charge < -0.3 is 5.21 Å². The van der Waals surface area contributed by atoms with Gasteiger partial charge in [0.25, 0.3) is 0 Å². The van der Waals surface area contributed by atoms with Crippen molar-refractivity contribution in [3.8, 4) is 0 Å². The average molecular weight is 235 g/mol. The SMILES string of the molecule is O=C1CCCC(Sc2ccccc2)/C1=N/O. The molecule has 0 heterocycles. The highest BCUT2D eigenvalue weighted by Gasteiger charge is 2.28. The molecule has 1 N–H and O–H groups in total. The zero-order valence-corrected chi connectivity index (χ0v) is 9.61. The number of hydrogen-bond donors (Lipinski definition) is 1. The van der Waals surface area contributed by atoms with Gasteiger partial charge in [-0.3, -0.25) is 4.79 Å². The van der Waals surface area contributed by atoms with E-state index in [-0.39, 0.29) is 11.0 Å². The maximum absolute atomic E-state index is 11.5. The molecule has 0 aliphatic heterocycles. The van der Waals surface area contributed by atoms with Gasteiger partial charge in [0.1, 0.15) is 5.71 Å². The normalized spacial score (nSPS) is 23.6. The zero-order chi connectivity index (χ0) is 11.4. The minimum Gasteiger partial charge on any atom is -0.411 e. The summed E-state index contributed by atoms with van der Waals surface area (Å²) >= 11 is 1.59. The van der Waals surface area contributed by atoms with Gasteiger partial charge in [0.15, 0.2) is 5.78 Å². The van der Waals surface area contributed by atoms with Crippen molar-refractivity contribution in [1.82, 2.24) is 0 Å². The summed E-state index contributed by atoms with van der Waals surface area (Å²) in [6, 6.07) is 9.88. The summed E-state index contributed by atoms with van der Waals surface area (Å²) < 4.78 is 0. The summed E-state index contributed by atoms with van der Waals surface area (Å²) in [5.41, 5.74) is 0.320. The number of carbonyl (C=O) groups excluding carboxylic acids is 1. The topological polar surface area (TPSA) is 49.7 Å². The monoisotopic (exact) mass is 235 g/mol. The first kappa shape index (κ1) is 11.2. The van der Waals surface area contributed by atoms with Gasteiger partial charge >= 0.3 is 0 Å². The van der Waals surface area contributed by atoms with Crippen LogP contribution in [0.4, 0.5) is 0 Å². The predicted octanol–water partition coefficient (Wildman–Crippen LogP) is 2.73. The Balaban J connectivity index is 2.12. The van der Waals surface area contributed by atoms with E-state index in [4.69, 9.17) is 5.21 Å². The molecule has 84 valence electrons. The third-order valence-electron chi connectivity index (χ3n) is 2.59. The molecule has 1 atom stereocenters. The Morgan fingerprint density at radius 1 is 1.31 bits per heavy atom. The van der Waals surface area contributed by atoms with Crippen LogP contribution in [-0.4, -0.2) is 22.0 Å². The van der Waals surface area contributed by atoms with Crippen LogP contribution in [0.2, 0.25) is 0 Å². The highest BCUT2D eigenvalue weighted by atomic mass is 32.2. The Morgan fingerprint density at radius 3 is 2.75 bits per heavy atom. The molecule has 0 bridgehead atoms. The van der Waals surface area contributed by atoms with Crippen LogP contribution in [-0.2, 0) is 4.79 Å². The molecule has 1 aromatic rings. The molecular formula is C12H13NO2S. The lowest BCUT2D eigenvalue weighted by atomic mass is 9.97. The third-order valence-corrected chi connectivity index (χ3v) is 3.88. The van der Waals surface area contributed by atoms with Gasteiger partial charge in [0, 0.05) is 11.3 Å². The van der Waals surface area contributed by atoms with Crippen molar-refractivity contribution in [2.24, 2.45) is 5.16 Å². The Kier molecular flexibility index (Phi) is 3.62. The van der Waals surface area contributed by atoms with Crippen LogP contribution in [0.25, 0.3) is 0 Å². The van der Waals surface area contributed by atoms with Crippen molar-refractivity contribution in [1.29, 1.82) is 0 Å². The fourth-order valence-corrected chi connectivity index (χ4v) is 3.01. The van der Waals surface area contributed by atoms with E-state index in [1.165, 1.54) is 0 Å². The highest BCUT2D eigenvalue weighted by molar-refractivity contribution is 8.00. The molecular weight excluding hydrogens is 222 g/mol. The maximum Gasteiger partial charge on any atom is 0.181 e. The van der Waals surface area contributed by atoms with E-state index in [1.807, 2.05) is 30.3 Å². The predicted molar refractivity (Wildman–Crippen MR) is 64.2 cm³/mol. The van der Waals surface area contributed by atoms with Crippen molar-refractivity contribution in [3.63, 3.8) is 0 Å². The minimum absolute atomic E-state index is 0.00588. The van der Waals surface area contributed by atoms with Gasteiger partial charge in [-0.15, -0.1) is 11.8 Å². The van der Waals surface area contributed by atoms with Crippen LogP contribution < -0.4 is 0 Å². The summed E-state index contributed by atoms with van der Waals surface area (Å²) in [6.45, 7) is 0. The first-order chi connectivity index (χ1) is 7.81. The van der Waals surface area contributed by atoms with Crippen LogP contribution in [0.1, 0.15) is 19.3 Å². The van der Waals surface area contributed by atoms with Gasteiger partial charge in [0.2, 0.25) is 0 Å². The number of thioether (sulfide) groups is 1. The number of nitrogens with zero attached hydrogens (tertiary/aromatic N) is 1. The molecule has 1 aromatic carbocycles. The van der Waals surface area contributed by atoms with Crippen molar-refractivity contribution in [2.45, 2.75) is 29.4 Å². The van der Waals surface area contributed by atoms with Crippen LogP contribution in [0.5, 0.6) is 0 Å². The molecule has 0 amide bonds. The minimum atomic E-state index is -0.0258. The van der Waals surface area contributed by atoms with Crippen LogP contribution >= 0.6 is 11.8 Å². The van der Waals surface area contributed by atoms with E-state index in [9.17, 15) is 4.79 Å². The number of Topliss-reactive ketones (excluding diaryl/α,β-unsaturated/α-hetero) is 1. The molecule has 1 aliphatic carbocycles. The second-order valence-corrected chi connectivity index (χ2v) is 5.00. The molecule has 0 radical (unpaired) electrons. The molecule has 4 heteroatoms. The summed E-state index contributed by atoms with van der Waals surface area (Å²) in [5, 5.41) is 12.0. The summed E-state index contributed by atoms with van der Waals surface area (Å²) in [4.78, 5) is 12.6. The third kappa shape index (κ3) is 2.44. The smallest absolute Gasteiger partial charge is 0.181 e. The standard InChI is InChI=1S/C12H13NO2S/c14-10-7-4-8-11(12(10)13-15)16-9-5-2-1-3-6-9/h1-3,5-6,11,15H,4,7-8H2/b13-12+. The summed E-state index contributed by atoms with van der Waals surface area (Å²) in [7, 11) is 0. The molecule has 1 fully saturated rings. The van der Waals surface area contributed by atoms with Crippen LogP contribution in [0, 0.1) is 0 Å². The lowest BCUT2D eigenvalue weighted by Crippen LogP contribution is -2.30.